The molecule has 0 fully saturated rings. The molecule has 29 heteroatoms. The van der Waals surface area contributed by atoms with Gasteiger partial charge in [-0.1, -0.05) is 176 Å². The zero-order valence-corrected chi connectivity index (χ0v) is 47.9. The normalized spacial score (nSPS) is 13.1. The van der Waals surface area contributed by atoms with Crippen molar-refractivity contribution in [3.8, 4) is 0 Å². The first-order valence-corrected chi connectivity index (χ1v) is 28.3. The third-order valence-electron chi connectivity index (χ3n) is 14.9. The fourth-order valence-electron chi connectivity index (χ4n) is 10.4. The number of nitrogens with zero attached hydrogens (tertiary/aromatic N) is 2. The number of Topliss-reactive ketones (excluding diaryl/α,β-unsaturated/α-hetero) is 2. The number of hydrogen-bond donors (Lipinski definition) is 0. The average Bonchev–Trinajstić information content (AvgIpc) is 0.710. The van der Waals surface area contributed by atoms with Crippen LogP contribution in [0.4, 0.5) is 105 Å². The van der Waals surface area contributed by atoms with Crippen molar-refractivity contribution in [2.45, 2.75) is 166 Å². The lowest BCUT2D eigenvalue weighted by Gasteiger charge is -2.46. The van der Waals surface area contributed by atoms with Crippen LogP contribution in [0, 0.1) is 0 Å². The summed E-state index contributed by atoms with van der Waals surface area (Å²) < 4.78 is 343. The molecule has 1 heterocycles. The lowest BCUT2D eigenvalue weighted by atomic mass is 9.12. The van der Waals surface area contributed by atoms with Gasteiger partial charge in [-0.2, -0.15) is 132 Å². The number of ketones is 2. The Morgan fingerprint density at radius 1 is 0.363 bits per heavy atom. The van der Waals surface area contributed by atoms with E-state index in [0.29, 0.717) is 17.7 Å². The van der Waals surface area contributed by atoms with Gasteiger partial charge in [-0.25, -0.2) is 4.98 Å². The Labute approximate surface area is 506 Å². The second kappa shape index (κ2) is 30.1. The van der Waals surface area contributed by atoms with Gasteiger partial charge >= 0.3 is 49.4 Å². The number of alkyl halides is 24. The van der Waals surface area contributed by atoms with Crippen LogP contribution in [-0.2, 0) is 56.0 Å². The molecule has 0 bridgehead atoms. The summed E-state index contributed by atoms with van der Waals surface area (Å²) >= 11 is 0. The number of hydrogen-bond acceptors (Lipinski definition) is 3. The highest BCUT2D eigenvalue weighted by Gasteiger charge is 2.47. The fraction of sp³-hybridized carbons (Fsp3) is 0.419. The second-order valence-electron chi connectivity index (χ2n) is 21.7. The average molecular weight is 1330 g/mol. The number of halogens is 24. The Balaban J connectivity index is 0.000000377. The van der Waals surface area contributed by atoms with Crippen molar-refractivity contribution in [2.75, 3.05) is 0 Å². The number of unbranched alkanes of at least 4 members (excludes halogenated alkanes) is 14. The molecule has 0 N–H and O–H groups in total. The molecule has 0 radical (unpaired) electrons. The van der Waals surface area contributed by atoms with E-state index in [1.54, 1.807) is 23.2 Å². The van der Waals surface area contributed by atoms with Gasteiger partial charge in [0.2, 0.25) is 12.3 Å². The topological polar surface area (TPSA) is 50.9 Å². The van der Waals surface area contributed by atoms with Gasteiger partial charge < -0.3 is 0 Å². The van der Waals surface area contributed by atoms with Crippen LogP contribution in [0.1, 0.15) is 175 Å². The third kappa shape index (κ3) is 21.2. The summed E-state index contributed by atoms with van der Waals surface area (Å²) in [4.78, 5) is 29.1. The molecule has 1 aromatic heterocycles. The van der Waals surface area contributed by atoms with Gasteiger partial charge in [0.25, 0.3) is 0 Å². The number of carbonyl (C=O) groups is 2. The highest BCUT2D eigenvalue weighted by atomic mass is 19.4. The Bertz CT molecular complexity index is 2940. The summed E-state index contributed by atoms with van der Waals surface area (Å²) in [6, 6.07) is 0.424. The molecule has 5 aromatic carbocycles. The first-order chi connectivity index (χ1) is 42.0. The standard InChI is InChI=1S/C32H12BF24.C30H45N2O2/c34-25(35,36)13-1-14(26(37,38)39)6-21(5-13)33(22-7-15(27(40,41)42)2-16(8-22)28(43,44)45,23-9-17(29(46,47)48)3-18(10-23)30(49,50)51)24-11-19(31(52,53)54)4-20(12-24)32(55,56)57;1-2-3-4-5-6-7-8-9-10-11-12-13-14-15-19-22-29(33)28-25-32(24-23-31-28)26-30(34)27-20-17-16-18-21-27/h1-12H;16-18,20-21,23-25H,2-15,19,22,26H2,1H3/q-1;+1. The number of aromatic nitrogens is 2. The molecule has 0 saturated carbocycles. The van der Waals surface area contributed by atoms with Gasteiger partial charge in [-0.15, -0.1) is 0 Å². The maximum absolute atomic E-state index is 14.2. The molecule has 0 atom stereocenters. The summed E-state index contributed by atoms with van der Waals surface area (Å²) in [6.45, 7) is 2.49. The fourth-order valence-corrected chi connectivity index (χ4v) is 10.4. The third-order valence-corrected chi connectivity index (χ3v) is 14.9. The van der Waals surface area contributed by atoms with Crippen LogP contribution in [-0.4, -0.2) is 22.7 Å². The van der Waals surface area contributed by atoms with Crippen LogP contribution in [0.25, 0.3) is 0 Å². The molecular weight excluding hydrogens is 1270 g/mol. The van der Waals surface area contributed by atoms with E-state index in [2.05, 4.69) is 11.9 Å². The van der Waals surface area contributed by atoms with Crippen molar-refractivity contribution < 1.29 is 120 Å². The molecule has 0 unspecified atom stereocenters. The number of benzene rings is 5. The van der Waals surface area contributed by atoms with Crippen LogP contribution in [0.5, 0.6) is 0 Å². The zero-order chi connectivity index (χ0) is 68.2. The van der Waals surface area contributed by atoms with E-state index < -0.39 is 195 Å². The Kier molecular flexibility index (Phi) is 24.7. The second-order valence-corrected chi connectivity index (χ2v) is 21.7. The van der Waals surface area contributed by atoms with Gasteiger partial charge in [0.1, 0.15) is 6.15 Å². The summed E-state index contributed by atoms with van der Waals surface area (Å²) in [5.41, 5.74) is -29.1. The minimum atomic E-state index is -6.13. The highest BCUT2D eigenvalue weighted by molar-refractivity contribution is 7.20. The van der Waals surface area contributed by atoms with E-state index in [0.717, 1.165) is 12.8 Å². The summed E-state index contributed by atoms with van der Waals surface area (Å²) in [6.07, 6.45) is -29.5. The zero-order valence-electron chi connectivity index (χ0n) is 47.9. The summed E-state index contributed by atoms with van der Waals surface area (Å²) in [5.74, 6) is 0.0915. The van der Waals surface area contributed by atoms with Crippen LogP contribution in [0.2, 0.25) is 0 Å². The molecule has 0 saturated heterocycles. The van der Waals surface area contributed by atoms with E-state index >= 15 is 0 Å². The van der Waals surface area contributed by atoms with E-state index in [1.807, 2.05) is 30.3 Å². The van der Waals surface area contributed by atoms with Gasteiger partial charge in [0.15, 0.2) is 23.9 Å². The van der Waals surface area contributed by atoms with Gasteiger partial charge in [-0.3, -0.25) is 9.59 Å². The van der Waals surface area contributed by atoms with E-state index in [1.165, 1.54) is 83.5 Å². The maximum Gasteiger partial charge on any atom is 0.416 e. The molecule has 91 heavy (non-hydrogen) atoms. The largest absolute Gasteiger partial charge is 0.416 e. The van der Waals surface area contributed by atoms with Crippen LogP contribution in [0.15, 0.2) is 122 Å². The van der Waals surface area contributed by atoms with Crippen molar-refractivity contribution >= 4 is 39.6 Å². The molecule has 0 aliphatic rings. The molecule has 0 spiro atoms. The Hall–Kier alpha value is -7.10. The monoisotopic (exact) mass is 1330 g/mol. The molecule has 0 aliphatic carbocycles. The van der Waals surface area contributed by atoms with Crippen molar-refractivity contribution in [2.24, 2.45) is 0 Å². The lowest BCUT2D eigenvalue weighted by Crippen LogP contribution is -2.75. The van der Waals surface area contributed by atoms with Gasteiger partial charge in [0.05, 0.1) is 50.7 Å². The molecular formula is C62H57BF24N2O2. The van der Waals surface area contributed by atoms with Crippen LogP contribution >= 0.6 is 0 Å². The van der Waals surface area contributed by atoms with E-state index in [9.17, 15) is 115 Å². The van der Waals surface area contributed by atoms with Crippen LogP contribution in [0.3, 0.4) is 0 Å². The van der Waals surface area contributed by atoms with Crippen LogP contribution < -0.4 is 26.4 Å². The number of carbonyl (C=O) groups excluding carboxylic acids is 2. The van der Waals surface area contributed by atoms with Crippen molar-refractivity contribution in [3.05, 3.63) is 177 Å². The first kappa shape index (κ1) is 74.6. The SMILES string of the molecule is CCCCCCCCCCCCCCCCCC(=O)c1c[n+](CC(=O)c2ccccc2)ccn1.FC(F)(F)c1cc([B-](c2cc(C(F)(F)F)cc(C(F)(F)F)c2)(c2cc(C(F)(F)F)cc(C(F)(F)F)c2)c2cc(C(F)(F)F)cc(C(F)(F)F)c2)cc(C(F)(F)F)c1. The minimum absolute atomic E-state index is 0.0256. The smallest absolute Gasteiger partial charge is 0.292 e. The summed E-state index contributed by atoms with van der Waals surface area (Å²) in [7, 11) is 0. The van der Waals surface area contributed by atoms with E-state index in [4.69, 9.17) is 0 Å². The molecule has 0 aliphatic heterocycles. The van der Waals surface area contributed by atoms with E-state index in [-0.39, 0.29) is 18.1 Å². The highest BCUT2D eigenvalue weighted by Crippen LogP contribution is 2.42. The lowest BCUT2D eigenvalue weighted by molar-refractivity contribution is -0.683. The molecule has 6 aromatic rings. The molecule has 498 valence electrons. The number of rotatable bonds is 24. The predicted molar refractivity (Wildman–Crippen MR) is 289 cm³/mol. The maximum atomic E-state index is 14.2. The van der Waals surface area contributed by atoms with Crippen molar-refractivity contribution in [3.63, 3.8) is 0 Å². The quantitative estimate of drug-likeness (QED) is 0.0199. The van der Waals surface area contributed by atoms with Crippen molar-refractivity contribution in [1.29, 1.82) is 0 Å². The summed E-state index contributed by atoms with van der Waals surface area (Å²) in [5, 5.41) is 0. The molecule has 6 rings (SSSR count). The molecule has 4 nitrogen and oxygen atoms in total. The van der Waals surface area contributed by atoms with Gasteiger partial charge in [0, 0.05) is 12.0 Å². The van der Waals surface area contributed by atoms with Crippen molar-refractivity contribution in [1.82, 2.24) is 4.98 Å². The Morgan fingerprint density at radius 2 is 0.626 bits per heavy atom. The minimum Gasteiger partial charge on any atom is -0.292 e. The predicted octanol–water partition coefficient (Wildman–Crippen LogP) is 18.9. The Morgan fingerprint density at radius 3 is 0.890 bits per heavy atom. The molecule has 0 amide bonds. The first-order valence-electron chi connectivity index (χ1n) is 28.3. The van der Waals surface area contributed by atoms with Gasteiger partial charge in [-0.05, 0) is 30.7 Å².